The average Bonchev–Trinajstić information content (AvgIpc) is 3.17. The fourth-order valence-corrected chi connectivity index (χ4v) is 3.97. The minimum atomic E-state index is -0.318. The summed E-state index contributed by atoms with van der Waals surface area (Å²) in [5, 5.41) is 15.2. The summed E-state index contributed by atoms with van der Waals surface area (Å²) in [6.07, 6.45) is 2.21. The van der Waals surface area contributed by atoms with Crippen LogP contribution in [0.25, 0.3) is 0 Å². The first-order chi connectivity index (χ1) is 12.2. The van der Waals surface area contributed by atoms with E-state index in [1.165, 1.54) is 22.5 Å². The number of amides is 1. The van der Waals surface area contributed by atoms with Gasteiger partial charge in [0.05, 0.1) is 0 Å². The fraction of sp³-hybridized carbons (Fsp3) is 0.294. The van der Waals surface area contributed by atoms with E-state index in [2.05, 4.69) is 51.9 Å². The Morgan fingerprint density at radius 3 is 2.88 bits per heavy atom. The van der Waals surface area contributed by atoms with Crippen LogP contribution in [-0.2, 0) is 5.75 Å². The number of nitrogens with one attached hydrogen (secondary N) is 1. The van der Waals surface area contributed by atoms with E-state index in [1.807, 2.05) is 0 Å². The topological polar surface area (TPSA) is 80.9 Å². The molecule has 0 unspecified atom stereocenters. The number of nitrogens with zero attached hydrogens (tertiary/aromatic N) is 3. The minimum Gasteiger partial charge on any atom is -0.360 e. The molecule has 1 saturated carbocycles. The Labute approximate surface area is 153 Å². The Hall–Kier alpha value is -2.19. The van der Waals surface area contributed by atoms with Gasteiger partial charge in [-0.3, -0.25) is 10.1 Å². The summed E-state index contributed by atoms with van der Waals surface area (Å²) in [6.45, 7) is 2.07. The summed E-state index contributed by atoms with van der Waals surface area (Å²) in [6, 6.07) is 10.1. The Bertz CT molecular complexity index is 884. The summed E-state index contributed by atoms with van der Waals surface area (Å²) in [4.78, 5) is 12.2. The maximum atomic E-state index is 12.2. The molecule has 25 heavy (non-hydrogen) atoms. The lowest BCUT2D eigenvalue weighted by atomic mass is 10.2. The summed E-state index contributed by atoms with van der Waals surface area (Å²) >= 11 is 2.95. The SMILES string of the molecule is Cc1ccc(CSc2nnc(NC(=O)c3cc(C4CC4)on3)s2)cc1. The highest BCUT2D eigenvalue weighted by molar-refractivity contribution is 8.00. The number of anilines is 1. The quantitative estimate of drug-likeness (QED) is 0.514. The van der Waals surface area contributed by atoms with Gasteiger partial charge in [-0.1, -0.05) is 58.1 Å². The molecule has 1 aliphatic carbocycles. The second kappa shape index (κ2) is 6.97. The van der Waals surface area contributed by atoms with Crippen molar-refractivity contribution in [3.05, 3.63) is 52.9 Å². The zero-order chi connectivity index (χ0) is 17.2. The predicted octanol–water partition coefficient (Wildman–Crippen LogP) is 4.26. The Balaban J connectivity index is 1.33. The standard InChI is InChI=1S/C17H16N4O2S2/c1-10-2-4-11(5-3-10)9-24-17-20-19-16(25-17)18-15(22)13-8-14(23-21-13)12-6-7-12/h2-5,8,12H,6-7,9H2,1H3,(H,18,19,22). The molecule has 1 fully saturated rings. The third-order valence-electron chi connectivity index (χ3n) is 3.85. The highest BCUT2D eigenvalue weighted by atomic mass is 32.2. The maximum Gasteiger partial charge on any atom is 0.279 e. The van der Waals surface area contributed by atoms with E-state index in [4.69, 9.17) is 4.52 Å². The molecule has 1 aromatic carbocycles. The van der Waals surface area contributed by atoms with Crippen LogP contribution in [0.1, 0.15) is 46.1 Å². The average molecular weight is 372 g/mol. The molecule has 6 nitrogen and oxygen atoms in total. The van der Waals surface area contributed by atoms with Crippen molar-refractivity contribution in [2.75, 3.05) is 5.32 Å². The van der Waals surface area contributed by atoms with Crippen molar-refractivity contribution in [1.82, 2.24) is 15.4 Å². The molecule has 1 aliphatic rings. The Morgan fingerprint density at radius 1 is 1.32 bits per heavy atom. The second-order valence-electron chi connectivity index (χ2n) is 5.99. The van der Waals surface area contributed by atoms with E-state index in [0.717, 1.165) is 28.7 Å². The molecule has 0 radical (unpaired) electrons. The summed E-state index contributed by atoms with van der Waals surface area (Å²) in [5.74, 6) is 1.72. The third kappa shape index (κ3) is 4.08. The lowest BCUT2D eigenvalue weighted by Crippen LogP contribution is -2.11. The van der Waals surface area contributed by atoms with Gasteiger partial charge in [-0.15, -0.1) is 10.2 Å². The number of hydrogen-bond acceptors (Lipinski definition) is 7. The number of hydrogen-bond donors (Lipinski definition) is 1. The molecule has 4 rings (SSSR count). The summed E-state index contributed by atoms with van der Waals surface area (Å²) in [5.41, 5.74) is 2.75. The molecule has 0 aliphatic heterocycles. The molecule has 2 aromatic heterocycles. The first-order valence-corrected chi connectivity index (χ1v) is 9.77. The van der Waals surface area contributed by atoms with Crippen LogP contribution in [0.4, 0.5) is 5.13 Å². The van der Waals surface area contributed by atoms with Gasteiger partial charge in [-0.2, -0.15) is 0 Å². The van der Waals surface area contributed by atoms with E-state index >= 15 is 0 Å². The maximum absolute atomic E-state index is 12.2. The number of aromatic nitrogens is 3. The predicted molar refractivity (Wildman–Crippen MR) is 97.1 cm³/mol. The van der Waals surface area contributed by atoms with Crippen LogP contribution in [0.15, 0.2) is 39.2 Å². The van der Waals surface area contributed by atoms with Gasteiger partial charge < -0.3 is 4.52 Å². The molecule has 1 N–H and O–H groups in total. The van der Waals surface area contributed by atoms with Gasteiger partial charge in [-0.05, 0) is 25.3 Å². The van der Waals surface area contributed by atoms with Crippen LogP contribution in [0.5, 0.6) is 0 Å². The Kier molecular flexibility index (Phi) is 4.54. The summed E-state index contributed by atoms with van der Waals surface area (Å²) < 4.78 is 6.02. The number of rotatable bonds is 6. The largest absolute Gasteiger partial charge is 0.360 e. The van der Waals surface area contributed by atoms with Crippen molar-refractivity contribution in [3.8, 4) is 0 Å². The zero-order valence-corrected chi connectivity index (χ0v) is 15.2. The Morgan fingerprint density at radius 2 is 2.12 bits per heavy atom. The van der Waals surface area contributed by atoms with E-state index in [0.29, 0.717) is 11.0 Å². The highest BCUT2D eigenvalue weighted by Crippen LogP contribution is 2.40. The third-order valence-corrected chi connectivity index (χ3v) is 5.89. The molecular weight excluding hydrogens is 356 g/mol. The van der Waals surface area contributed by atoms with Crippen LogP contribution in [0.2, 0.25) is 0 Å². The minimum absolute atomic E-state index is 0.283. The molecule has 8 heteroatoms. The van der Waals surface area contributed by atoms with Crippen LogP contribution in [-0.4, -0.2) is 21.3 Å². The lowest BCUT2D eigenvalue weighted by molar-refractivity contribution is 0.101. The van der Waals surface area contributed by atoms with Gasteiger partial charge in [0.1, 0.15) is 5.76 Å². The van der Waals surface area contributed by atoms with E-state index < -0.39 is 0 Å². The molecular formula is C17H16N4O2S2. The molecule has 0 bridgehead atoms. The van der Waals surface area contributed by atoms with Gasteiger partial charge in [0.2, 0.25) is 5.13 Å². The van der Waals surface area contributed by atoms with Gasteiger partial charge in [-0.25, -0.2) is 0 Å². The van der Waals surface area contributed by atoms with Crippen molar-refractivity contribution in [2.45, 2.75) is 35.8 Å². The molecule has 0 atom stereocenters. The van der Waals surface area contributed by atoms with E-state index in [-0.39, 0.29) is 11.6 Å². The smallest absolute Gasteiger partial charge is 0.279 e. The van der Waals surface area contributed by atoms with Crippen molar-refractivity contribution < 1.29 is 9.32 Å². The number of aryl methyl sites for hydroxylation is 1. The van der Waals surface area contributed by atoms with Gasteiger partial charge in [0, 0.05) is 17.7 Å². The number of thioether (sulfide) groups is 1. The normalized spacial score (nSPS) is 13.8. The summed E-state index contributed by atoms with van der Waals surface area (Å²) in [7, 11) is 0. The first-order valence-electron chi connectivity index (χ1n) is 7.97. The zero-order valence-electron chi connectivity index (χ0n) is 13.6. The van der Waals surface area contributed by atoms with Crippen LogP contribution >= 0.6 is 23.1 Å². The van der Waals surface area contributed by atoms with Gasteiger partial charge in [0.25, 0.3) is 5.91 Å². The lowest BCUT2D eigenvalue weighted by Gasteiger charge is -1.99. The molecule has 3 aromatic rings. The van der Waals surface area contributed by atoms with Gasteiger partial charge in [0.15, 0.2) is 10.0 Å². The van der Waals surface area contributed by atoms with Crippen molar-refractivity contribution in [3.63, 3.8) is 0 Å². The van der Waals surface area contributed by atoms with Crippen molar-refractivity contribution in [1.29, 1.82) is 0 Å². The van der Waals surface area contributed by atoms with Crippen molar-refractivity contribution >= 4 is 34.1 Å². The second-order valence-corrected chi connectivity index (χ2v) is 8.19. The molecule has 1 amide bonds. The highest BCUT2D eigenvalue weighted by Gasteiger charge is 2.29. The molecule has 128 valence electrons. The number of carbonyl (C=O) groups excluding carboxylic acids is 1. The molecule has 0 saturated heterocycles. The molecule has 2 heterocycles. The number of carbonyl (C=O) groups is 1. The van der Waals surface area contributed by atoms with Crippen LogP contribution in [0.3, 0.4) is 0 Å². The first kappa shape index (κ1) is 16.3. The molecule has 0 spiro atoms. The van der Waals surface area contributed by atoms with Crippen LogP contribution < -0.4 is 5.32 Å². The van der Waals surface area contributed by atoms with E-state index in [9.17, 15) is 4.79 Å². The van der Waals surface area contributed by atoms with E-state index in [1.54, 1.807) is 17.8 Å². The monoisotopic (exact) mass is 372 g/mol. The van der Waals surface area contributed by atoms with Crippen LogP contribution in [0, 0.1) is 6.92 Å². The number of benzene rings is 1. The fourth-order valence-electron chi connectivity index (χ4n) is 2.27. The van der Waals surface area contributed by atoms with Crippen molar-refractivity contribution in [2.24, 2.45) is 0 Å². The van der Waals surface area contributed by atoms with Gasteiger partial charge >= 0.3 is 0 Å².